The summed E-state index contributed by atoms with van der Waals surface area (Å²) < 4.78 is 5.79. The molecular weight excluding hydrogens is 262 g/mol. The summed E-state index contributed by atoms with van der Waals surface area (Å²) in [5.41, 5.74) is 8.32. The van der Waals surface area contributed by atoms with Gasteiger partial charge in [-0.2, -0.15) is 0 Å². The first-order valence-corrected chi connectivity index (χ1v) is 7.10. The third-order valence-electron chi connectivity index (χ3n) is 3.67. The van der Waals surface area contributed by atoms with E-state index in [9.17, 15) is 0 Å². The van der Waals surface area contributed by atoms with Crippen molar-refractivity contribution < 1.29 is 4.74 Å². The molecule has 0 saturated heterocycles. The smallest absolute Gasteiger partial charge is 0.230 e. The quantitative estimate of drug-likeness (QED) is 0.644. The Morgan fingerprint density at radius 2 is 1.95 bits per heavy atom. The molecule has 3 N–H and O–H groups in total. The van der Waals surface area contributed by atoms with Crippen LogP contribution in [0.5, 0.6) is 11.6 Å². The van der Waals surface area contributed by atoms with Gasteiger partial charge in [0.15, 0.2) is 0 Å². The molecule has 0 radical (unpaired) electrons. The van der Waals surface area contributed by atoms with Crippen LogP contribution in [0.2, 0.25) is 0 Å². The Labute approximate surface area is 125 Å². The van der Waals surface area contributed by atoms with Crippen molar-refractivity contribution in [3.63, 3.8) is 0 Å². The zero-order chi connectivity index (χ0) is 15.4. The van der Waals surface area contributed by atoms with Gasteiger partial charge in [0, 0.05) is 6.20 Å². The van der Waals surface area contributed by atoms with Crippen molar-refractivity contribution >= 4 is 5.84 Å². The predicted molar refractivity (Wildman–Crippen MR) is 85.2 cm³/mol. The molecule has 4 nitrogen and oxygen atoms in total. The van der Waals surface area contributed by atoms with Crippen molar-refractivity contribution in [3.8, 4) is 11.6 Å². The number of benzene rings is 1. The van der Waals surface area contributed by atoms with Crippen LogP contribution in [0.15, 0.2) is 36.5 Å². The lowest BCUT2D eigenvalue weighted by Crippen LogP contribution is -2.14. The summed E-state index contributed by atoms with van der Waals surface area (Å²) in [6, 6.07) is 9.79. The highest BCUT2D eigenvalue weighted by molar-refractivity contribution is 5.98. The number of rotatable bonds is 5. The number of ether oxygens (including phenoxy) is 1. The number of nitrogens with one attached hydrogen (secondary N) is 1. The minimum absolute atomic E-state index is 0.0353. The lowest BCUT2D eigenvalue weighted by Gasteiger charge is -2.13. The van der Waals surface area contributed by atoms with E-state index in [0.717, 1.165) is 12.0 Å². The highest BCUT2D eigenvalue weighted by Crippen LogP contribution is 2.27. The molecule has 0 saturated carbocycles. The molecule has 0 aliphatic rings. The van der Waals surface area contributed by atoms with Crippen LogP contribution in [-0.4, -0.2) is 10.8 Å². The minimum Gasteiger partial charge on any atom is -0.438 e. The molecule has 1 atom stereocenters. The van der Waals surface area contributed by atoms with Crippen LogP contribution >= 0.6 is 0 Å². The van der Waals surface area contributed by atoms with Gasteiger partial charge in [0.05, 0.1) is 5.56 Å². The van der Waals surface area contributed by atoms with Crippen molar-refractivity contribution in [1.29, 1.82) is 5.41 Å². The van der Waals surface area contributed by atoms with Gasteiger partial charge in [-0.15, -0.1) is 0 Å². The van der Waals surface area contributed by atoms with Gasteiger partial charge in [-0.1, -0.05) is 26.0 Å². The Morgan fingerprint density at radius 3 is 2.52 bits per heavy atom. The van der Waals surface area contributed by atoms with Crippen molar-refractivity contribution in [1.82, 2.24) is 4.98 Å². The number of hydrogen-bond acceptors (Lipinski definition) is 3. The molecule has 2 rings (SSSR count). The number of nitrogens with zero attached hydrogens (tertiary/aromatic N) is 1. The Kier molecular flexibility index (Phi) is 4.58. The highest BCUT2D eigenvalue weighted by atomic mass is 16.5. The summed E-state index contributed by atoms with van der Waals surface area (Å²) in [7, 11) is 0. The van der Waals surface area contributed by atoms with Crippen LogP contribution in [0.3, 0.4) is 0 Å². The van der Waals surface area contributed by atoms with Crippen LogP contribution < -0.4 is 10.5 Å². The summed E-state index contributed by atoms with van der Waals surface area (Å²) in [6.07, 6.45) is 2.76. The molecule has 0 bridgehead atoms. The van der Waals surface area contributed by atoms with Gasteiger partial charge >= 0.3 is 0 Å². The zero-order valence-corrected chi connectivity index (χ0v) is 12.7. The van der Waals surface area contributed by atoms with E-state index in [1.807, 2.05) is 25.1 Å². The monoisotopic (exact) mass is 283 g/mol. The van der Waals surface area contributed by atoms with E-state index < -0.39 is 0 Å². The molecule has 0 fully saturated rings. The van der Waals surface area contributed by atoms with E-state index in [1.54, 1.807) is 6.20 Å². The molecule has 1 unspecified atom stereocenters. The summed E-state index contributed by atoms with van der Waals surface area (Å²) >= 11 is 0. The van der Waals surface area contributed by atoms with Gasteiger partial charge in [-0.3, -0.25) is 5.41 Å². The molecule has 1 heterocycles. The Morgan fingerprint density at radius 1 is 1.29 bits per heavy atom. The van der Waals surface area contributed by atoms with E-state index in [-0.39, 0.29) is 5.84 Å². The molecule has 2 aromatic rings. The number of aromatic nitrogens is 1. The topological polar surface area (TPSA) is 72.0 Å². The van der Waals surface area contributed by atoms with E-state index in [4.69, 9.17) is 15.9 Å². The normalized spacial score (nSPS) is 12.0. The molecule has 1 aromatic carbocycles. The predicted octanol–water partition coefficient (Wildman–Crippen LogP) is 3.98. The molecule has 0 amide bonds. The van der Waals surface area contributed by atoms with Gasteiger partial charge in [-0.05, 0) is 48.6 Å². The van der Waals surface area contributed by atoms with Gasteiger partial charge < -0.3 is 10.5 Å². The maximum atomic E-state index is 7.66. The molecule has 0 spiro atoms. The van der Waals surface area contributed by atoms with Crippen LogP contribution in [0.4, 0.5) is 0 Å². The molecule has 0 aliphatic heterocycles. The molecule has 110 valence electrons. The van der Waals surface area contributed by atoms with Gasteiger partial charge in [0.25, 0.3) is 0 Å². The third kappa shape index (κ3) is 3.40. The Bertz CT molecular complexity index is 635. The number of aryl methyl sites for hydroxylation is 1. The fraction of sp³-hybridized carbons (Fsp3) is 0.294. The number of nitrogen functional groups attached to an aromatic ring is 1. The van der Waals surface area contributed by atoms with Crippen molar-refractivity contribution in [3.05, 3.63) is 53.2 Å². The number of amidine groups is 1. The Hall–Kier alpha value is -2.36. The first-order chi connectivity index (χ1) is 10.0. The maximum Gasteiger partial charge on any atom is 0.230 e. The molecule has 0 aliphatic carbocycles. The number of hydrogen-bond donors (Lipinski definition) is 2. The van der Waals surface area contributed by atoms with Crippen LogP contribution in [0.1, 0.15) is 42.9 Å². The van der Waals surface area contributed by atoms with Crippen molar-refractivity contribution in [2.75, 3.05) is 0 Å². The van der Waals surface area contributed by atoms with Crippen LogP contribution in [-0.2, 0) is 0 Å². The molecule has 4 heteroatoms. The molecular formula is C17H21N3O. The van der Waals surface area contributed by atoms with E-state index in [2.05, 4.69) is 31.0 Å². The van der Waals surface area contributed by atoms with Crippen molar-refractivity contribution in [2.45, 2.75) is 33.1 Å². The summed E-state index contributed by atoms with van der Waals surface area (Å²) in [5, 5.41) is 7.66. The fourth-order valence-corrected chi connectivity index (χ4v) is 2.15. The Balaban J connectivity index is 2.27. The van der Waals surface area contributed by atoms with Crippen LogP contribution in [0.25, 0.3) is 0 Å². The van der Waals surface area contributed by atoms with Crippen LogP contribution in [0, 0.1) is 12.3 Å². The maximum absolute atomic E-state index is 7.66. The summed E-state index contributed by atoms with van der Waals surface area (Å²) in [6.45, 7) is 6.26. The lowest BCUT2D eigenvalue weighted by atomic mass is 9.99. The number of nitrogens with two attached hydrogens (primary N) is 1. The SMILES string of the molecule is CCC(C)c1ccc(Oc2nccc(C)c2C(=N)N)cc1. The first kappa shape index (κ1) is 15.0. The van der Waals surface area contributed by atoms with Gasteiger partial charge in [0.1, 0.15) is 11.6 Å². The van der Waals surface area contributed by atoms with Gasteiger partial charge in [0.2, 0.25) is 5.88 Å². The standard InChI is InChI=1S/C17H21N3O/c1-4-11(2)13-5-7-14(8-6-13)21-17-15(16(18)19)12(3)9-10-20-17/h5-11H,4H2,1-3H3,(H3,18,19). The average Bonchev–Trinajstić information content (AvgIpc) is 2.47. The molecule has 21 heavy (non-hydrogen) atoms. The average molecular weight is 283 g/mol. The van der Waals surface area contributed by atoms with Crippen molar-refractivity contribution in [2.24, 2.45) is 5.73 Å². The summed E-state index contributed by atoms with van der Waals surface area (Å²) in [4.78, 5) is 4.19. The number of pyridine rings is 1. The highest BCUT2D eigenvalue weighted by Gasteiger charge is 2.12. The summed E-state index contributed by atoms with van der Waals surface area (Å²) in [5.74, 6) is 1.57. The zero-order valence-electron chi connectivity index (χ0n) is 12.7. The van der Waals surface area contributed by atoms with Gasteiger partial charge in [-0.25, -0.2) is 4.98 Å². The van der Waals surface area contributed by atoms with E-state index in [0.29, 0.717) is 23.1 Å². The largest absolute Gasteiger partial charge is 0.438 e. The first-order valence-electron chi connectivity index (χ1n) is 7.10. The van der Waals surface area contributed by atoms with E-state index >= 15 is 0 Å². The second-order valence-electron chi connectivity index (χ2n) is 5.20. The minimum atomic E-state index is -0.0353. The lowest BCUT2D eigenvalue weighted by molar-refractivity contribution is 0.461. The fourth-order valence-electron chi connectivity index (χ4n) is 2.15. The second kappa shape index (κ2) is 6.39. The van der Waals surface area contributed by atoms with E-state index in [1.165, 1.54) is 5.56 Å². The molecule has 1 aromatic heterocycles. The third-order valence-corrected chi connectivity index (χ3v) is 3.67. The second-order valence-corrected chi connectivity index (χ2v) is 5.20.